The molecule has 0 aliphatic heterocycles. The van der Waals surface area contributed by atoms with E-state index in [1.165, 1.54) is 11.3 Å². The second-order valence-corrected chi connectivity index (χ2v) is 7.33. The van der Waals surface area contributed by atoms with Crippen molar-refractivity contribution in [1.29, 1.82) is 0 Å². The topological polar surface area (TPSA) is 69.7 Å². The van der Waals surface area contributed by atoms with E-state index in [0.29, 0.717) is 33.7 Å². The summed E-state index contributed by atoms with van der Waals surface area (Å²) in [5.41, 5.74) is 2.02. The Bertz CT molecular complexity index is 1190. The quantitative estimate of drug-likeness (QED) is 0.395. The van der Waals surface area contributed by atoms with E-state index in [1.54, 1.807) is 32.4 Å². The van der Waals surface area contributed by atoms with Crippen molar-refractivity contribution in [2.24, 2.45) is 0 Å². The number of thiazole rings is 1. The molecule has 0 atom stereocenters. The summed E-state index contributed by atoms with van der Waals surface area (Å²) in [6, 6.07) is 22.0. The lowest BCUT2D eigenvalue weighted by Crippen LogP contribution is -2.12. The number of ether oxygens (including phenoxy) is 3. The largest absolute Gasteiger partial charge is 0.493 e. The molecule has 0 unspecified atom stereocenters. The number of hydrogen-bond acceptors (Lipinski definition) is 6. The van der Waals surface area contributed by atoms with Crippen molar-refractivity contribution in [2.75, 3.05) is 19.5 Å². The maximum atomic E-state index is 12.9. The third-order valence-electron chi connectivity index (χ3n) is 4.51. The van der Waals surface area contributed by atoms with Gasteiger partial charge in [-0.3, -0.25) is 10.1 Å². The van der Waals surface area contributed by atoms with E-state index < -0.39 is 0 Å². The first-order valence-electron chi connectivity index (χ1n) is 9.49. The summed E-state index contributed by atoms with van der Waals surface area (Å²) in [4.78, 5) is 17.4. The maximum Gasteiger partial charge on any atom is 0.261 e. The van der Waals surface area contributed by atoms with Gasteiger partial charge in [-0.05, 0) is 42.5 Å². The molecule has 0 aliphatic carbocycles. The first-order chi connectivity index (χ1) is 15.2. The van der Waals surface area contributed by atoms with Crippen molar-refractivity contribution in [3.63, 3.8) is 0 Å². The molecule has 7 heteroatoms. The van der Waals surface area contributed by atoms with E-state index in [-0.39, 0.29) is 5.91 Å². The minimum atomic E-state index is -0.292. The van der Waals surface area contributed by atoms with Crippen molar-refractivity contribution >= 4 is 22.4 Å². The van der Waals surface area contributed by atoms with Crippen LogP contribution in [0.4, 0.5) is 5.13 Å². The number of anilines is 1. The minimum absolute atomic E-state index is 0.292. The first-order valence-corrected chi connectivity index (χ1v) is 10.4. The van der Waals surface area contributed by atoms with Gasteiger partial charge >= 0.3 is 0 Å². The van der Waals surface area contributed by atoms with E-state index in [4.69, 9.17) is 14.2 Å². The Morgan fingerprint density at radius 1 is 0.871 bits per heavy atom. The molecule has 3 aromatic carbocycles. The predicted octanol–water partition coefficient (Wildman–Crippen LogP) is 5.87. The lowest BCUT2D eigenvalue weighted by atomic mass is 10.1. The molecule has 1 amide bonds. The minimum Gasteiger partial charge on any atom is -0.493 e. The van der Waals surface area contributed by atoms with Gasteiger partial charge in [0.1, 0.15) is 11.5 Å². The molecule has 31 heavy (non-hydrogen) atoms. The number of para-hydroxylation sites is 2. The zero-order valence-corrected chi connectivity index (χ0v) is 17.8. The highest BCUT2D eigenvalue weighted by Gasteiger charge is 2.16. The molecule has 0 fully saturated rings. The number of methoxy groups -OCH3 is 2. The number of carbonyl (C=O) groups excluding carboxylic acids is 1. The normalized spacial score (nSPS) is 10.4. The van der Waals surface area contributed by atoms with Crippen LogP contribution in [0.5, 0.6) is 23.0 Å². The van der Waals surface area contributed by atoms with Gasteiger partial charge in [-0.1, -0.05) is 30.3 Å². The highest BCUT2D eigenvalue weighted by atomic mass is 32.1. The van der Waals surface area contributed by atoms with Gasteiger partial charge in [-0.2, -0.15) is 0 Å². The summed E-state index contributed by atoms with van der Waals surface area (Å²) in [7, 11) is 3.18. The SMILES string of the molecule is COc1ccc(-c2csc(NC(=O)c3ccccc3Oc3ccccc3)n2)cc1OC. The lowest BCUT2D eigenvalue weighted by Gasteiger charge is -2.10. The van der Waals surface area contributed by atoms with Crippen molar-refractivity contribution in [3.05, 3.63) is 83.7 Å². The highest BCUT2D eigenvalue weighted by molar-refractivity contribution is 7.14. The number of nitrogens with one attached hydrogen (secondary N) is 1. The van der Waals surface area contributed by atoms with Crippen molar-refractivity contribution in [3.8, 4) is 34.3 Å². The van der Waals surface area contributed by atoms with Crippen molar-refractivity contribution in [2.45, 2.75) is 0 Å². The molecule has 0 saturated heterocycles. The standard InChI is InChI=1S/C24H20N2O4S/c1-28-21-13-12-16(14-22(21)29-2)19-15-31-24(25-19)26-23(27)18-10-6-7-11-20(18)30-17-8-4-3-5-9-17/h3-15H,1-2H3,(H,25,26,27). The van der Waals surface area contributed by atoms with E-state index in [0.717, 1.165) is 11.3 Å². The Morgan fingerprint density at radius 2 is 1.61 bits per heavy atom. The van der Waals surface area contributed by atoms with Gasteiger partial charge in [0, 0.05) is 10.9 Å². The van der Waals surface area contributed by atoms with Gasteiger partial charge < -0.3 is 14.2 Å². The number of carbonyl (C=O) groups is 1. The highest BCUT2D eigenvalue weighted by Crippen LogP contribution is 2.34. The summed E-state index contributed by atoms with van der Waals surface area (Å²) in [5.74, 6) is 2.10. The monoisotopic (exact) mass is 432 g/mol. The van der Waals surface area contributed by atoms with E-state index in [1.807, 2.05) is 60.0 Å². The molecule has 4 aromatic rings. The molecule has 1 aromatic heterocycles. The summed E-state index contributed by atoms with van der Waals surface area (Å²) in [5, 5.41) is 5.23. The van der Waals surface area contributed by atoms with Crippen LogP contribution in [0.25, 0.3) is 11.3 Å². The van der Waals surface area contributed by atoms with Crippen LogP contribution in [0, 0.1) is 0 Å². The molecule has 4 rings (SSSR count). The van der Waals surface area contributed by atoms with Crippen LogP contribution in [0.2, 0.25) is 0 Å². The third kappa shape index (κ3) is 4.67. The molecule has 1 heterocycles. The fraction of sp³-hybridized carbons (Fsp3) is 0.0833. The molecular formula is C24H20N2O4S. The molecular weight excluding hydrogens is 412 g/mol. The van der Waals surface area contributed by atoms with Gasteiger partial charge in [0.05, 0.1) is 25.5 Å². The van der Waals surface area contributed by atoms with Gasteiger partial charge in [0.25, 0.3) is 5.91 Å². The second-order valence-electron chi connectivity index (χ2n) is 6.47. The van der Waals surface area contributed by atoms with Crippen molar-refractivity contribution < 1.29 is 19.0 Å². The van der Waals surface area contributed by atoms with Crippen LogP contribution >= 0.6 is 11.3 Å². The Balaban J connectivity index is 1.53. The van der Waals surface area contributed by atoms with Gasteiger partial charge in [-0.25, -0.2) is 4.98 Å². The van der Waals surface area contributed by atoms with Crippen LogP contribution < -0.4 is 19.5 Å². The Kier molecular flexibility index (Phi) is 6.14. The fourth-order valence-corrected chi connectivity index (χ4v) is 3.70. The van der Waals surface area contributed by atoms with Crippen LogP contribution in [-0.2, 0) is 0 Å². The Labute approximate surface area is 184 Å². The van der Waals surface area contributed by atoms with E-state index >= 15 is 0 Å². The molecule has 156 valence electrons. The van der Waals surface area contributed by atoms with Crippen LogP contribution in [0.3, 0.4) is 0 Å². The van der Waals surface area contributed by atoms with E-state index in [2.05, 4.69) is 10.3 Å². The molecule has 6 nitrogen and oxygen atoms in total. The van der Waals surface area contributed by atoms with Crippen LogP contribution in [0.15, 0.2) is 78.2 Å². The smallest absolute Gasteiger partial charge is 0.261 e. The van der Waals surface area contributed by atoms with Crippen LogP contribution in [0.1, 0.15) is 10.4 Å². The lowest BCUT2D eigenvalue weighted by molar-refractivity contribution is 0.102. The summed E-state index contributed by atoms with van der Waals surface area (Å²) >= 11 is 1.34. The molecule has 0 radical (unpaired) electrons. The van der Waals surface area contributed by atoms with Crippen molar-refractivity contribution in [1.82, 2.24) is 4.98 Å². The number of aromatic nitrogens is 1. The molecule has 0 spiro atoms. The Hall–Kier alpha value is -3.84. The van der Waals surface area contributed by atoms with Gasteiger partial charge in [0.2, 0.25) is 0 Å². The number of nitrogens with zero attached hydrogens (tertiary/aromatic N) is 1. The zero-order valence-electron chi connectivity index (χ0n) is 17.0. The average Bonchev–Trinajstić information content (AvgIpc) is 3.28. The summed E-state index contributed by atoms with van der Waals surface area (Å²) in [6.07, 6.45) is 0. The number of amides is 1. The summed E-state index contributed by atoms with van der Waals surface area (Å²) in [6.45, 7) is 0. The van der Waals surface area contributed by atoms with Crippen LogP contribution in [-0.4, -0.2) is 25.1 Å². The third-order valence-corrected chi connectivity index (χ3v) is 5.26. The van der Waals surface area contributed by atoms with Gasteiger partial charge in [-0.15, -0.1) is 11.3 Å². The first kappa shape index (κ1) is 20.4. The number of hydrogen-bond donors (Lipinski definition) is 1. The fourth-order valence-electron chi connectivity index (χ4n) is 2.98. The van der Waals surface area contributed by atoms with Gasteiger partial charge in [0.15, 0.2) is 16.6 Å². The zero-order chi connectivity index (χ0) is 21.6. The average molecular weight is 433 g/mol. The molecule has 0 aliphatic rings. The summed E-state index contributed by atoms with van der Waals surface area (Å²) < 4.78 is 16.5. The molecule has 1 N–H and O–H groups in total. The number of benzene rings is 3. The Morgan fingerprint density at radius 3 is 2.39 bits per heavy atom. The molecule has 0 bridgehead atoms. The number of rotatable bonds is 7. The predicted molar refractivity (Wildman–Crippen MR) is 122 cm³/mol. The van der Waals surface area contributed by atoms with E-state index in [9.17, 15) is 4.79 Å². The molecule has 0 saturated carbocycles. The maximum absolute atomic E-state index is 12.9. The second kappa shape index (κ2) is 9.32.